The zero-order valence-electron chi connectivity index (χ0n) is 15.4. The molecule has 0 radical (unpaired) electrons. The van der Waals surface area contributed by atoms with Gasteiger partial charge in [-0.15, -0.1) is 0 Å². The predicted molar refractivity (Wildman–Crippen MR) is 99.5 cm³/mol. The fraction of sp³-hybridized carbons (Fsp3) is 0.250. The van der Waals surface area contributed by atoms with Gasteiger partial charge in [-0.05, 0) is 35.9 Å². The Kier molecular flexibility index (Phi) is 5.71. The molecular formula is C20H21NO6. The number of amides is 1. The molecular weight excluding hydrogens is 350 g/mol. The fourth-order valence-electron chi connectivity index (χ4n) is 2.72. The van der Waals surface area contributed by atoms with Crippen molar-refractivity contribution in [3.05, 3.63) is 47.5 Å². The Morgan fingerprint density at radius 1 is 1.04 bits per heavy atom. The van der Waals surface area contributed by atoms with Gasteiger partial charge in [0, 0.05) is 18.2 Å². The predicted octanol–water partition coefficient (Wildman–Crippen LogP) is 2.77. The Morgan fingerprint density at radius 2 is 1.81 bits per heavy atom. The molecule has 1 aliphatic rings. The lowest BCUT2D eigenvalue weighted by Crippen LogP contribution is -2.20. The van der Waals surface area contributed by atoms with E-state index in [2.05, 4.69) is 5.32 Å². The largest absolute Gasteiger partial charge is 0.493 e. The number of fused-ring (bicyclic) bond motifs is 1. The summed E-state index contributed by atoms with van der Waals surface area (Å²) in [6.45, 7) is 0.601. The molecule has 0 bridgehead atoms. The number of ether oxygens (including phenoxy) is 5. The van der Waals surface area contributed by atoms with Crippen LogP contribution < -0.4 is 29.0 Å². The van der Waals surface area contributed by atoms with Gasteiger partial charge >= 0.3 is 0 Å². The summed E-state index contributed by atoms with van der Waals surface area (Å²) in [5.41, 5.74) is 1.62. The molecule has 1 N–H and O–H groups in total. The Bertz CT molecular complexity index is 862. The van der Waals surface area contributed by atoms with Gasteiger partial charge in [0.05, 0.1) is 21.3 Å². The smallest absolute Gasteiger partial charge is 0.244 e. The van der Waals surface area contributed by atoms with E-state index in [4.69, 9.17) is 23.7 Å². The molecule has 7 heteroatoms. The molecule has 0 saturated carbocycles. The van der Waals surface area contributed by atoms with Crippen LogP contribution in [-0.2, 0) is 11.3 Å². The van der Waals surface area contributed by atoms with Crippen LogP contribution in [-0.4, -0.2) is 34.0 Å². The van der Waals surface area contributed by atoms with E-state index >= 15 is 0 Å². The summed E-state index contributed by atoms with van der Waals surface area (Å²) in [5, 5.41) is 2.83. The van der Waals surface area contributed by atoms with Gasteiger partial charge in [0.25, 0.3) is 0 Å². The Labute approximate surface area is 157 Å². The highest BCUT2D eigenvalue weighted by atomic mass is 16.7. The molecule has 142 valence electrons. The molecule has 1 aliphatic heterocycles. The zero-order valence-corrected chi connectivity index (χ0v) is 15.4. The van der Waals surface area contributed by atoms with E-state index in [0.717, 1.165) is 5.56 Å². The molecule has 0 fully saturated rings. The Hall–Kier alpha value is -3.35. The Balaban J connectivity index is 1.66. The van der Waals surface area contributed by atoms with Crippen molar-refractivity contribution < 1.29 is 28.5 Å². The molecule has 0 aliphatic carbocycles. The van der Waals surface area contributed by atoms with Crippen LogP contribution in [0.3, 0.4) is 0 Å². The van der Waals surface area contributed by atoms with E-state index in [1.807, 2.05) is 18.2 Å². The second-order valence-electron chi connectivity index (χ2n) is 5.66. The van der Waals surface area contributed by atoms with Gasteiger partial charge in [-0.1, -0.05) is 6.07 Å². The third-order valence-corrected chi connectivity index (χ3v) is 4.05. The lowest BCUT2D eigenvalue weighted by molar-refractivity contribution is -0.116. The first-order valence-electron chi connectivity index (χ1n) is 8.29. The van der Waals surface area contributed by atoms with Crippen LogP contribution >= 0.6 is 0 Å². The van der Waals surface area contributed by atoms with Crippen molar-refractivity contribution in [2.24, 2.45) is 0 Å². The van der Waals surface area contributed by atoms with Gasteiger partial charge < -0.3 is 29.0 Å². The molecule has 27 heavy (non-hydrogen) atoms. The number of hydrogen-bond acceptors (Lipinski definition) is 6. The van der Waals surface area contributed by atoms with Gasteiger partial charge in [0.2, 0.25) is 18.4 Å². The molecule has 3 rings (SSSR count). The number of hydrogen-bond donors (Lipinski definition) is 1. The first kappa shape index (κ1) is 18.4. The van der Waals surface area contributed by atoms with Crippen molar-refractivity contribution in [3.8, 4) is 28.7 Å². The van der Waals surface area contributed by atoms with Gasteiger partial charge in [-0.3, -0.25) is 4.79 Å². The summed E-state index contributed by atoms with van der Waals surface area (Å²) < 4.78 is 26.6. The monoisotopic (exact) mass is 371 g/mol. The van der Waals surface area contributed by atoms with Crippen LogP contribution in [0.4, 0.5) is 0 Å². The maximum atomic E-state index is 12.2. The van der Waals surface area contributed by atoms with Crippen molar-refractivity contribution >= 4 is 12.0 Å². The summed E-state index contributed by atoms with van der Waals surface area (Å²) in [4.78, 5) is 12.2. The van der Waals surface area contributed by atoms with E-state index in [9.17, 15) is 4.79 Å². The SMILES string of the molecule is COc1ccc(/C=C/C(=O)NCc2ccc3c(c2)OCO3)c(OC)c1OC. The third kappa shape index (κ3) is 4.08. The van der Waals surface area contributed by atoms with Crippen molar-refractivity contribution in [2.45, 2.75) is 6.54 Å². The molecule has 0 atom stereocenters. The third-order valence-electron chi connectivity index (χ3n) is 4.05. The highest BCUT2D eigenvalue weighted by molar-refractivity contribution is 5.92. The summed E-state index contributed by atoms with van der Waals surface area (Å²) in [7, 11) is 4.62. The highest BCUT2D eigenvalue weighted by Gasteiger charge is 2.15. The lowest BCUT2D eigenvalue weighted by atomic mass is 10.1. The summed E-state index contributed by atoms with van der Waals surface area (Å²) >= 11 is 0. The van der Waals surface area contributed by atoms with Crippen LogP contribution in [0.2, 0.25) is 0 Å². The first-order valence-corrected chi connectivity index (χ1v) is 8.29. The van der Waals surface area contributed by atoms with Gasteiger partial charge in [-0.25, -0.2) is 0 Å². The number of carbonyl (C=O) groups excluding carboxylic acids is 1. The summed E-state index contributed by atoms with van der Waals surface area (Å²) in [6.07, 6.45) is 3.10. The number of carbonyl (C=O) groups is 1. The normalized spacial score (nSPS) is 12.1. The average molecular weight is 371 g/mol. The van der Waals surface area contributed by atoms with Crippen molar-refractivity contribution in [2.75, 3.05) is 28.1 Å². The summed E-state index contributed by atoms with van der Waals surface area (Å²) in [6, 6.07) is 9.11. The highest BCUT2D eigenvalue weighted by Crippen LogP contribution is 2.40. The molecule has 0 saturated heterocycles. The fourth-order valence-corrected chi connectivity index (χ4v) is 2.72. The maximum Gasteiger partial charge on any atom is 0.244 e. The second-order valence-corrected chi connectivity index (χ2v) is 5.66. The van der Waals surface area contributed by atoms with Gasteiger partial charge in [0.1, 0.15) is 0 Å². The van der Waals surface area contributed by atoms with Crippen LogP contribution in [0.15, 0.2) is 36.4 Å². The van der Waals surface area contributed by atoms with Crippen LogP contribution in [0.5, 0.6) is 28.7 Å². The first-order chi connectivity index (χ1) is 13.2. The summed E-state index contributed by atoms with van der Waals surface area (Å²) in [5.74, 6) is 2.70. The standard InChI is InChI=1S/C20H21NO6/c1-23-16-8-5-14(19(24-2)20(16)25-3)6-9-18(22)21-11-13-4-7-15-17(10-13)27-12-26-15/h4-10H,11-12H2,1-3H3,(H,21,22)/b9-6+. The van der Waals surface area contributed by atoms with E-state index in [0.29, 0.717) is 40.9 Å². The van der Waals surface area contributed by atoms with E-state index < -0.39 is 0 Å². The number of methoxy groups -OCH3 is 3. The number of rotatable bonds is 7. The van der Waals surface area contributed by atoms with Crippen molar-refractivity contribution in [1.29, 1.82) is 0 Å². The average Bonchev–Trinajstić information content (AvgIpc) is 3.17. The molecule has 0 aromatic heterocycles. The lowest BCUT2D eigenvalue weighted by Gasteiger charge is -2.14. The minimum atomic E-state index is -0.232. The topological polar surface area (TPSA) is 75.3 Å². The van der Waals surface area contributed by atoms with E-state index in [-0.39, 0.29) is 12.7 Å². The second kappa shape index (κ2) is 8.35. The van der Waals surface area contributed by atoms with Crippen LogP contribution in [0, 0.1) is 0 Å². The minimum Gasteiger partial charge on any atom is -0.493 e. The zero-order chi connectivity index (χ0) is 19.2. The quantitative estimate of drug-likeness (QED) is 0.755. The number of benzene rings is 2. The van der Waals surface area contributed by atoms with Gasteiger partial charge in [-0.2, -0.15) is 0 Å². The Morgan fingerprint density at radius 3 is 2.56 bits per heavy atom. The van der Waals surface area contributed by atoms with Crippen LogP contribution in [0.1, 0.15) is 11.1 Å². The molecule has 7 nitrogen and oxygen atoms in total. The number of nitrogens with one attached hydrogen (secondary N) is 1. The van der Waals surface area contributed by atoms with Crippen molar-refractivity contribution in [1.82, 2.24) is 5.32 Å². The van der Waals surface area contributed by atoms with E-state index in [1.54, 1.807) is 25.3 Å². The molecule has 1 amide bonds. The molecule has 0 spiro atoms. The molecule has 2 aromatic carbocycles. The molecule has 1 heterocycles. The van der Waals surface area contributed by atoms with Crippen molar-refractivity contribution in [3.63, 3.8) is 0 Å². The molecule has 2 aromatic rings. The minimum absolute atomic E-state index is 0.223. The maximum absolute atomic E-state index is 12.2. The van der Waals surface area contributed by atoms with Gasteiger partial charge in [0.15, 0.2) is 23.0 Å². The molecule has 0 unspecified atom stereocenters. The van der Waals surface area contributed by atoms with E-state index in [1.165, 1.54) is 20.3 Å². The van der Waals surface area contributed by atoms with Crippen LogP contribution in [0.25, 0.3) is 6.08 Å².